The molecular formula is C15H19NO. The summed E-state index contributed by atoms with van der Waals surface area (Å²) in [6.07, 6.45) is 9.48. The van der Waals surface area contributed by atoms with Crippen LogP contribution in [-0.2, 0) is 6.42 Å². The first kappa shape index (κ1) is 12.0. The molecule has 0 radical (unpaired) electrons. The van der Waals surface area contributed by atoms with Gasteiger partial charge in [-0.05, 0) is 49.1 Å². The van der Waals surface area contributed by atoms with Crippen LogP contribution >= 0.6 is 0 Å². The van der Waals surface area contributed by atoms with Gasteiger partial charge in [-0.3, -0.25) is 0 Å². The molecule has 0 saturated carbocycles. The smallest absolute Gasteiger partial charge is 0.119 e. The maximum absolute atomic E-state index is 5.28. The van der Waals surface area contributed by atoms with Gasteiger partial charge in [0.2, 0.25) is 0 Å². The van der Waals surface area contributed by atoms with Gasteiger partial charge in [0.05, 0.1) is 7.11 Å². The lowest BCUT2D eigenvalue weighted by atomic mass is 10.1. The average molecular weight is 229 g/mol. The summed E-state index contributed by atoms with van der Waals surface area (Å²) in [7, 11) is 1.71. The first-order valence-electron chi connectivity index (χ1n) is 6.19. The first-order chi connectivity index (χ1) is 8.35. The van der Waals surface area contributed by atoms with Crippen LogP contribution in [-0.4, -0.2) is 13.7 Å². The first-order valence-corrected chi connectivity index (χ1v) is 6.19. The minimum absolute atomic E-state index is 0.470. The van der Waals surface area contributed by atoms with Gasteiger partial charge < -0.3 is 10.1 Å². The summed E-state index contributed by atoms with van der Waals surface area (Å²) in [5.41, 5.74) is 2.84. The van der Waals surface area contributed by atoms with Crippen LogP contribution in [0.25, 0.3) is 0 Å². The highest BCUT2D eigenvalue weighted by atomic mass is 16.5. The topological polar surface area (TPSA) is 21.3 Å². The molecule has 90 valence electrons. The van der Waals surface area contributed by atoms with Gasteiger partial charge in [-0.1, -0.05) is 6.07 Å². The van der Waals surface area contributed by atoms with Gasteiger partial charge in [-0.2, -0.15) is 0 Å². The summed E-state index contributed by atoms with van der Waals surface area (Å²) in [5.74, 6) is 3.62. The number of hydrogen-bond acceptors (Lipinski definition) is 2. The third-order valence-electron chi connectivity index (χ3n) is 3.32. The van der Waals surface area contributed by atoms with Crippen molar-refractivity contribution in [2.75, 3.05) is 13.7 Å². The molecule has 1 atom stereocenters. The van der Waals surface area contributed by atoms with E-state index >= 15 is 0 Å². The Kier molecular flexibility index (Phi) is 4.06. The second-order valence-corrected chi connectivity index (χ2v) is 4.42. The third kappa shape index (κ3) is 2.81. The van der Waals surface area contributed by atoms with Crippen LogP contribution < -0.4 is 10.1 Å². The zero-order valence-corrected chi connectivity index (χ0v) is 10.3. The number of ether oxygens (including phenoxy) is 1. The predicted octanol–water partition coefficient (Wildman–Crippen LogP) is 2.69. The molecule has 0 bridgehead atoms. The van der Waals surface area contributed by atoms with Crippen molar-refractivity contribution >= 4 is 0 Å². The number of aryl methyl sites for hydroxylation is 1. The van der Waals surface area contributed by atoms with Crippen LogP contribution in [0.5, 0.6) is 5.75 Å². The molecular weight excluding hydrogens is 210 g/mol. The molecule has 0 aromatic heterocycles. The Labute approximate surface area is 103 Å². The van der Waals surface area contributed by atoms with Crippen molar-refractivity contribution in [2.45, 2.75) is 31.7 Å². The number of methoxy groups -OCH3 is 1. The van der Waals surface area contributed by atoms with Crippen molar-refractivity contribution in [1.82, 2.24) is 5.32 Å². The number of nitrogens with one attached hydrogen (secondary N) is 1. The lowest BCUT2D eigenvalue weighted by molar-refractivity contribution is 0.413. The minimum atomic E-state index is 0.470. The SMILES string of the molecule is C#CCCCNC1CCc2ccc(OC)cc21. The van der Waals surface area contributed by atoms with Crippen molar-refractivity contribution in [3.63, 3.8) is 0 Å². The van der Waals surface area contributed by atoms with E-state index in [9.17, 15) is 0 Å². The number of hydrogen-bond donors (Lipinski definition) is 1. The fraction of sp³-hybridized carbons (Fsp3) is 0.467. The molecule has 0 saturated heterocycles. The van der Waals surface area contributed by atoms with Crippen molar-refractivity contribution in [2.24, 2.45) is 0 Å². The van der Waals surface area contributed by atoms with Crippen molar-refractivity contribution in [3.8, 4) is 18.1 Å². The van der Waals surface area contributed by atoms with Crippen LogP contribution in [0, 0.1) is 12.3 Å². The Morgan fingerprint density at radius 1 is 1.53 bits per heavy atom. The largest absolute Gasteiger partial charge is 0.497 e. The van der Waals surface area contributed by atoms with Crippen LogP contribution in [0.1, 0.15) is 36.4 Å². The monoisotopic (exact) mass is 229 g/mol. The third-order valence-corrected chi connectivity index (χ3v) is 3.32. The van der Waals surface area contributed by atoms with Gasteiger partial charge >= 0.3 is 0 Å². The quantitative estimate of drug-likeness (QED) is 0.619. The minimum Gasteiger partial charge on any atom is -0.497 e. The molecule has 1 aliphatic rings. The Hall–Kier alpha value is -1.46. The summed E-state index contributed by atoms with van der Waals surface area (Å²) in [5, 5.41) is 3.57. The van der Waals surface area contributed by atoms with E-state index in [4.69, 9.17) is 11.2 Å². The maximum atomic E-state index is 5.28. The summed E-state index contributed by atoms with van der Waals surface area (Å²) >= 11 is 0. The van der Waals surface area contributed by atoms with Crippen LogP contribution in [0.3, 0.4) is 0 Å². The Bertz CT molecular complexity index is 419. The molecule has 17 heavy (non-hydrogen) atoms. The average Bonchev–Trinajstić information content (AvgIpc) is 2.77. The van der Waals surface area contributed by atoms with E-state index in [0.717, 1.165) is 31.6 Å². The van der Waals surface area contributed by atoms with Crippen molar-refractivity contribution in [3.05, 3.63) is 29.3 Å². The number of benzene rings is 1. The van der Waals surface area contributed by atoms with Crippen LogP contribution in [0.4, 0.5) is 0 Å². The van der Waals surface area contributed by atoms with E-state index in [1.165, 1.54) is 17.5 Å². The van der Waals surface area contributed by atoms with E-state index in [2.05, 4.69) is 23.4 Å². The van der Waals surface area contributed by atoms with E-state index in [1.807, 2.05) is 6.07 Å². The summed E-state index contributed by atoms with van der Waals surface area (Å²) in [6, 6.07) is 6.84. The molecule has 0 heterocycles. The number of unbranched alkanes of at least 4 members (excludes halogenated alkanes) is 1. The summed E-state index contributed by atoms with van der Waals surface area (Å²) < 4.78 is 5.28. The van der Waals surface area contributed by atoms with E-state index in [0.29, 0.717) is 6.04 Å². The molecule has 0 aliphatic heterocycles. The molecule has 2 rings (SSSR count). The summed E-state index contributed by atoms with van der Waals surface area (Å²) in [4.78, 5) is 0. The second-order valence-electron chi connectivity index (χ2n) is 4.42. The highest BCUT2D eigenvalue weighted by Crippen LogP contribution is 2.33. The zero-order valence-electron chi connectivity index (χ0n) is 10.3. The zero-order chi connectivity index (χ0) is 12.1. The summed E-state index contributed by atoms with van der Waals surface area (Å²) in [6.45, 7) is 0.992. The Morgan fingerprint density at radius 3 is 3.18 bits per heavy atom. The van der Waals surface area contributed by atoms with E-state index < -0.39 is 0 Å². The molecule has 1 N–H and O–H groups in total. The Balaban J connectivity index is 1.98. The number of terminal acetylenes is 1. The van der Waals surface area contributed by atoms with Crippen molar-refractivity contribution in [1.29, 1.82) is 0 Å². The standard InChI is InChI=1S/C15H19NO/c1-3-4-5-10-16-15-9-7-12-6-8-13(17-2)11-14(12)15/h1,6,8,11,15-16H,4-5,7,9-10H2,2H3. The van der Waals surface area contributed by atoms with Gasteiger partial charge in [0, 0.05) is 12.5 Å². The van der Waals surface area contributed by atoms with Gasteiger partial charge in [-0.25, -0.2) is 0 Å². The Morgan fingerprint density at radius 2 is 2.41 bits per heavy atom. The fourth-order valence-corrected chi connectivity index (χ4v) is 2.39. The van der Waals surface area contributed by atoms with Gasteiger partial charge in [0.25, 0.3) is 0 Å². The van der Waals surface area contributed by atoms with Crippen LogP contribution in [0.15, 0.2) is 18.2 Å². The molecule has 0 amide bonds. The molecule has 2 nitrogen and oxygen atoms in total. The molecule has 1 unspecified atom stereocenters. The van der Waals surface area contributed by atoms with E-state index in [1.54, 1.807) is 7.11 Å². The number of fused-ring (bicyclic) bond motifs is 1. The van der Waals surface area contributed by atoms with E-state index in [-0.39, 0.29) is 0 Å². The number of rotatable bonds is 5. The fourth-order valence-electron chi connectivity index (χ4n) is 2.39. The van der Waals surface area contributed by atoms with Gasteiger partial charge in [-0.15, -0.1) is 12.3 Å². The molecule has 1 aromatic carbocycles. The van der Waals surface area contributed by atoms with Gasteiger partial charge in [0.15, 0.2) is 0 Å². The molecule has 0 fully saturated rings. The highest BCUT2D eigenvalue weighted by Gasteiger charge is 2.21. The second kappa shape index (κ2) is 5.75. The molecule has 1 aliphatic carbocycles. The normalized spacial score (nSPS) is 17.5. The lowest BCUT2D eigenvalue weighted by Gasteiger charge is -2.14. The highest BCUT2D eigenvalue weighted by molar-refractivity contribution is 5.40. The van der Waals surface area contributed by atoms with Crippen molar-refractivity contribution < 1.29 is 4.74 Å². The molecule has 1 aromatic rings. The molecule has 0 spiro atoms. The van der Waals surface area contributed by atoms with Crippen LogP contribution in [0.2, 0.25) is 0 Å². The predicted molar refractivity (Wildman–Crippen MR) is 70.1 cm³/mol. The lowest BCUT2D eigenvalue weighted by Crippen LogP contribution is -2.20. The maximum Gasteiger partial charge on any atom is 0.119 e. The molecule has 2 heteroatoms. The van der Waals surface area contributed by atoms with Gasteiger partial charge in [0.1, 0.15) is 5.75 Å².